The third kappa shape index (κ3) is 3.28. The van der Waals surface area contributed by atoms with E-state index in [4.69, 9.17) is 10.00 Å². The van der Waals surface area contributed by atoms with E-state index in [-0.39, 0.29) is 5.91 Å². The van der Waals surface area contributed by atoms with E-state index in [2.05, 4.69) is 6.07 Å². The molecule has 0 fully saturated rings. The molecule has 4 nitrogen and oxygen atoms in total. The van der Waals surface area contributed by atoms with E-state index in [0.717, 1.165) is 11.3 Å². The van der Waals surface area contributed by atoms with Crippen molar-refractivity contribution >= 4 is 11.6 Å². The molecular weight excluding hydrogens is 264 g/mol. The summed E-state index contributed by atoms with van der Waals surface area (Å²) in [5.74, 6) is -0.159. The van der Waals surface area contributed by atoms with Crippen LogP contribution in [0.25, 0.3) is 0 Å². The minimum Gasteiger partial charge on any atom is -0.367 e. The summed E-state index contributed by atoms with van der Waals surface area (Å²) in [6, 6.07) is 18.3. The van der Waals surface area contributed by atoms with Gasteiger partial charge in [0.2, 0.25) is 0 Å². The molecule has 0 aliphatic carbocycles. The number of carbonyl (C=O) groups is 1. The van der Waals surface area contributed by atoms with Crippen LogP contribution in [0.1, 0.15) is 17.2 Å². The van der Waals surface area contributed by atoms with Crippen molar-refractivity contribution in [3.8, 4) is 6.07 Å². The summed E-state index contributed by atoms with van der Waals surface area (Å²) in [5.41, 5.74) is 2.09. The fourth-order valence-electron chi connectivity index (χ4n) is 2.07. The quantitative estimate of drug-likeness (QED) is 0.865. The number of methoxy groups -OCH3 is 1. The molecule has 0 radical (unpaired) electrons. The number of likely N-dealkylation sites (N-methyl/N-ethyl adjacent to an activating group) is 1. The Morgan fingerprint density at radius 2 is 1.76 bits per heavy atom. The molecule has 0 aliphatic heterocycles. The van der Waals surface area contributed by atoms with Crippen LogP contribution in [0, 0.1) is 11.3 Å². The summed E-state index contributed by atoms with van der Waals surface area (Å²) in [6.07, 6.45) is -0.646. The highest BCUT2D eigenvalue weighted by atomic mass is 16.5. The normalized spacial score (nSPS) is 11.5. The second-order valence-electron chi connectivity index (χ2n) is 4.58. The maximum absolute atomic E-state index is 12.6. The minimum absolute atomic E-state index is 0.159. The molecule has 1 atom stereocenters. The highest BCUT2D eigenvalue weighted by Crippen LogP contribution is 2.22. The van der Waals surface area contributed by atoms with Crippen LogP contribution in [0.3, 0.4) is 0 Å². The molecule has 0 N–H and O–H groups in total. The first kappa shape index (κ1) is 14.8. The number of carbonyl (C=O) groups excluding carboxylic acids is 1. The summed E-state index contributed by atoms with van der Waals surface area (Å²) < 4.78 is 5.34. The van der Waals surface area contributed by atoms with Gasteiger partial charge in [-0.2, -0.15) is 5.26 Å². The van der Waals surface area contributed by atoms with Crippen molar-refractivity contribution in [1.29, 1.82) is 5.26 Å². The van der Waals surface area contributed by atoms with Gasteiger partial charge in [-0.05, 0) is 29.8 Å². The molecule has 1 amide bonds. The lowest BCUT2D eigenvalue weighted by Gasteiger charge is -2.23. The number of ether oxygens (including phenoxy) is 1. The minimum atomic E-state index is -0.646. The molecule has 0 saturated carbocycles. The van der Waals surface area contributed by atoms with Crippen molar-refractivity contribution < 1.29 is 9.53 Å². The molecule has 0 spiro atoms. The molecule has 0 bridgehead atoms. The summed E-state index contributed by atoms with van der Waals surface area (Å²) in [7, 11) is 3.21. The number of anilines is 1. The van der Waals surface area contributed by atoms with Crippen LogP contribution in [0.4, 0.5) is 5.69 Å². The Hall–Kier alpha value is -2.64. The average molecular weight is 280 g/mol. The predicted molar refractivity (Wildman–Crippen MR) is 80.8 cm³/mol. The van der Waals surface area contributed by atoms with Gasteiger partial charge in [-0.1, -0.05) is 30.3 Å². The van der Waals surface area contributed by atoms with Gasteiger partial charge in [0.05, 0.1) is 11.6 Å². The third-order valence-electron chi connectivity index (χ3n) is 3.28. The highest BCUT2D eigenvalue weighted by Gasteiger charge is 2.24. The summed E-state index contributed by atoms with van der Waals surface area (Å²) in [5, 5.41) is 8.80. The van der Waals surface area contributed by atoms with Gasteiger partial charge in [0.25, 0.3) is 5.91 Å². The first-order chi connectivity index (χ1) is 10.2. The largest absolute Gasteiger partial charge is 0.367 e. The van der Waals surface area contributed by atoms with Crippen molar-refractivity contribution in [2.75, 3.05) is 19.1 Å². The van der Waals surface area contributed by atoms with Crippen LogP contribution in [0.2, 0.25) is 0 Å². The SMILES string of the molecule is COC(C(=O)N(C)c1ccc(C#N)cc1)c1ccccc1. The Labute approximate surface area is 124 Å². The first-order valence-electron chi connectivity index (χ1n) is 6.53. The zero-order valence-corrected chi connectivity index (χ0v) is 12.0. The van der Waals surface area contributed by atoms with Gasteiger partial charge >= 0.3 is 0 Å². The number of benzene rings is 2. The van der Waals surface area contributed by atoms with Crippen LogP contribution < -0.4 is 4.90 Å². The first-order valence-corrected chi connectivity index (χ1v) is 6.53. The van der Waals surface area contributed by atoms with Gasteiger partial charge in [-0.3, -0.25) is 4.79 Å². The molecule has 0 aromatic heterocycles. The van der Waals surface area contributed by atoms with E-state index in [0.29, 0.717) is 5.56 Å². The second kappa shape index (κ2) is 6.69. The van der Waals surface area contributed by atoms with E-state index in [1.165, 1.54) is 12.0 Å². The number of nitriles is 1. The lowest BCUT2D eigenvalue weighted by molar-refractivity contribution is -0.128. The number of hydrogen-bond donors (Lipinski definition) is 0. The van der Waals surface area contributed by atoms with Crippen LogP contribution >= 0.6 is 0 Å². The predicted octanol–water partition coefficient (Wildman–Crippen LogP) is 2.91. The van der Waals surface area contributed by atoms with Crippen molar-refractivity contribution in [1.82, 2.24) is 0 Å². The standard InChI is InChI=1S/C17H16N2O2/c1-19(15-10-8-13(12-18)9-11-15)17(20)16(21-2)14-6-4-3-5-7-14/h3-11,16H,1-2H3. The number of amides is 1. The Kier molecular flexibility index (Phi) is 4.70. The zero-order chi connectivity index (χ0) is 15.2. The summed E-state index contributed by atoms with van der Waals surface area (Å²) in [4.78, 5) is 14.1. The van der Waals surface area contributed by atoms with E-state index in [1.54, 1.807) is 31.3 Å². The van der Waals surface area contributed by atoms with E-state index < -0.39 is 6.10 Å². The molecular formula is C17H16N2O2. The molecule has 106 valence electrons. The fourth-order valence-corrected chi connectivity index (χ4v) is 2.07. The van der Waals surface area contributed by atoms with Crippen molar-refractivity contribution in [3.63, 3.8) is 0 Å². The van der Waals surface area contributed by atoms with Gasteiger partial charge in [0, 0.05) is 19.8 Å². The van der Waals surface area contributed by atoms with E-state index in [1.807, 2.05) is 30.3 Å². The lowest BCUT2D eigenvalue weighted by Crippen LogP contribution is -2.32. The highest BCUT2D eigenvalue weighted by molar-refractivity contribution is 5.96. The van der Waals surface area contributed by atoms with Crippen molar-refractivity contribution in [2.24, 2.45) is 0 Å². The fraction of sp³-hybridized carbons (Fsp3) is 0.176. The lowest BCUT2D eigenvalue weighted by atomic mass is 10.1. The Bertz CT molecular complexity index is 645. The molecule has 1 unspecified atom stereocenters. The molecule has 0 aliphatic rings. The van der Waals surface area contributed by atoms with Crippen molar-refractivity contribution in [2.45, 2.75) is 6.10 Å². The van der Waals surface area contributed by atoms with E-state index >= 15 is 0 Å². The monoisotopic (exact) mass is 280 g/mol. The molecule has 4 heteroatoms. The summed E-state index contributed by atoms with van der Waals surface area (Å²) >= 11 is 0. The maximum Gasteiger partial charge on any atom is 0.260 e. The average Bonchev–Trinajstić information content (AvgIpc) is 2.56. The smallest absolute Gasteiger partial charge is 0.260 e. The van der Waals surface area contributed by atoms with Gasteiger partial charge < -0.3 is 9.64 Å². The molecule has 0 saturated heterocycles. The second-order valence-corrected chi connectivity index (χ2v) is 4.58. The maximum atomic E-state index is 12.6. The van der Waals surface area contributed by atoms with Gasteiger partial charge in [0.1, 0.15) is 0 Å². The third-order valence-corrected chi connectivity index (χ3v) is 3.28. The topological polar surface area (TPSA) is 53.3 Å². The molecule has 2 rings (SSSR count). The number of hydrogen-bond acceptors (Lipinski definition) is 3. The van der Waals surface area contributed by atoms with Crippen LogP contribution in [0.5, 0.6) is 0 Å². The van der Waals surface area contributed by atoms with Gasteiger partial charge in [-0.15, -0.1) is 0 Å². The van der Waals surface area contributed by atoms with Crippen LogP contribution in [-0.4, -0.2) is 20.1 Å². The Morgan fingerprint density at radius 1 is 1.14 bits per heavy atom. The zero-order valence-electron chi connectivity index (χ0n) is 12.0. The van der Waals surface area contributed by atoms with Gasteiger partial charge in [-0.25, -0.2) is 0 Å². The van der Waals surface area contributed by atoms with E-state index in [9.17, 15) is 4.79 Å². The Morgan fingerprint density at radius 3 is 2.29 bits per heavy atom. The van der Waals surface area contributed by atoms with Crippen molar-refractivity contribution in [3.05, 3.63) is 65.7 Å². The van der Waals surface area contributed by atoms with Crippen LogP contribution in [-0.2, 0) is 9.53 Å². The van der Waals surface area contributed by atoms with Gasteiger partial charge in [0.15, 0.2) is 6.10 Å². The molecule has 21 heavy (non-hydrogen) atoms. The number of rotatable bonds is 4. The molecule has 0 heterocycles. The molecule has 2 aromatic carbocycles. The Balaban J connectivity index is 2.22. The molecule has 2 aromatic rings. The number of nitrogens with zero attached hydrogens (tertiary/aromatic N) is 2. The van der Waals surface area contributed by atoms with Crippen LogP contribution in [0.15, 0.2) is 54.6 Å². The summed E-state index contributed by atoms with van der Waals surface area (Å²) in [6.45, 7) is 0.